The number of aliphatic imine (C=N–C) groups is 1. The van der Waals surface area contributed by atoms with Crippen molar-refractivity contribution in [1.29, 1.82) is 0 Å². The molecule has 3 aliphatic heterocycles. The van der Waals surface area contributed by atoms with Crippen LogP contribution in [0.5, 0.6) is 17.2 Å². The Morgan fingerprint density at radius 3 is 2.95 bits per heavy atom. The van der Waals surface area contributed by atoms with Gasteiger partial charge in [0.05, 0.1) is 19.8 Å². The van der Waals surface area contributed by atoms with Crippen LogP contribution in [0.2, 0.25) is 0 Å². The molecule has 1 amide bonds. The second kappa shape index (κ2) is 4.42. The van der Waals surface area contributed by atoms with Crippen molar-refractivity contribution in [2.75, 3.05) is 14.2 Å². The number of amides is 1. The van der Waals surface area contributed by atoms with Gasteiger partial charge in [0.25, 0.3) is 5.91 Å². The van der Waals surface area contributed by atoms with E-state index in [4.69, 9.17) is 14.2 Å². The van der Waals surface area contributed by atoms with Crippen LogP contribution in [0.15, 0.2) is 22.7 Å². The minimum atomic E-state index is -0.172. The molecule has 0 radical (unpaired) electrons. The number of hydrogen-bond acceptors (Lipinski definition) is 6. The molecule has 2 atom stereocenters. The van der Waals surface area contributed by atoms with Gasteiger partial charge in [-0.3, -0.25) is 4.79 Å². The minimum Gasteiger partial charge on any atom is -0.496 e. The van der Waals surface area contributed by atoms with Crippen LogP contribution in [0.1, 0.15) is 5.56 Å². The van der Waals surface area contributed by atoms with Crippen molar-refractivity contribution in [3.63, 3.8) is 0 Å². The molecule has 0 aliphatic carbocycles. The van der Waals surface area contributed by atoms with E-state index in [-0.39, 0.29) is 16.7 Å². The highest BCUT2D eigenvalue weighted by molar-refractivity contribution is 8.07. The van der Waals surface area contributed by atoms with Gasteiger partial charge in [0.15, 0.2) is 0 Å². The molecule has 0 aromatic heterocycles. The van der Waals surface area contributed by atoms with Crippen molar-refractivity contribution in [2.24, 2.45) is 4.99 Å². The summed E-state index contributed by atoms with van der Waals surface area (Å²) in [5.74, 6) is 1.97. The highest BCUT2D eigenvalue weighted by atomic mass is 32.2. The standard InChI is InChI=1S/C14H12N2O4S/c1-18-6-3-9(19-2)7-5-8-11(17)15-13-14(21-13)16-12(8)20-10(7)4-6/h3-5,13-14H,1-2H3,(H,15,17). The molecule has 1 saturated heterocycles. The molecular formula is C14H12N2O4S. The SMILES string of the molecule is COc1cc(OC)c2c(c1)OC1=NC3SC3NC(=O)C1=C2. The lowest BCUT2D eigenvalue weighted by atomic mass is 10.0. The molecule has 1 aromatic carbocycles. The van der Waals surface area contributed by atoms with E-state index in [9.17, 15) is 4.79 Å². The quantitative estimate of drug-likeness (QED) is 0.837. The van der Waals surface area contributed by atoms with Gasteiger partial charge < -0.3 is 19.5 Å². The van der Waals surface area contributed by atoms with Crippen LogP contribution in [-0.4, -0.2) is 36.8 Å². The number of fused-ring (bicyclic) bond motifs is 3. The van der Waals surface area contributed by atoms with E-state index in [1.807, 2.05) is 0 Å². The lowest BCUT2D eigenvalue weighted by Gasteiger charge is -2.20. The van der Waals surface area contributed by atoms with E-state index in [1.165, 1.54) is 0 Å². The number of methoxy groups -OCH3 is 2. The Hall–Kier alpha value is -2.15. The number of nitrogens with zero attached hydrogens (tertiary/aromatic N) is 1. The summed E-state index contributed by atoms with van der Waals surface area (Å²) in [7, 11) is 3.14. The second-order valence-electron chi connectivity index (χ2n) is 4.76. The first-order chi connectivity index (χ1) is 10.2. The lowest BCUT2D eigenvalue weighted by Crippen LogP contribution is -2.31. The Morgan fingerprint density at radius 2 is 2.19 bits per heavy atom. The van der Waals surface area contributed by atoms with Crippen molar-refractivity contribution in [3.8, 4) is 17.2 Å². The van der Waals surface area contributed by atoms with E-state index in [0.29, 0.717) is 34.3 Å². The summed E-state index contributed by atoms with van der Waals surface area (Å²) in [6.07, 6.45) is 1.75. The maximum atomic E-state index is 12.2. The Morgan fingerprint density at radius 1 is 1.33 bits per heavy atom. The average molecular weight is 304 g/mol. The summed E-state index contributed by atoms with van der Waals surface area (Å²) < 4.78 is 16.4. The molecule has 3 aliphatic rings. The van der Waals surface area contributed by atoms with Crippen LogP contribution >= 0.6 is 11.8 Å². The first-order valence-corrected chi connectivity index (χ1v) is 7.34. The summed E-state index contributed by atoms with van der Waals surface area (Å²) in [6, 6.07) is 3.51. The fraction of sp³-hybridized carbons (Fsp3) is 0.286. The van der Waals surface area contributed by atoms with E-state index < -0.39 is 0 Å². The average Bonchev–Trinajstić information content (AvgIpc) is 3.22. The predicted molar refractivity (Wildman–Crippen MR) is 78.9 cm³/mol. The van der Waals surface area contributed by atoms with Crippen molar-refractivity contribution in [2.45, 2.75) is 10.7 Å². The van der Waals surface area contributed by atoms with E-state index >= 15 is 0 Å². The van der Waals surface area contributed by atoms with Crippen LogP contribution in [-0.2, 0) is 4.79 Å². The molecule has 7 heteroatoms. The molecule has 0 saturated carbocycles. The molecule has 6 nitrogen and oxygen atoms in total. The predicted octanol–water partition coefficient (Wildman–Crippen LogP) is 1.41. The molecule has 1 aromatic rings. The first kappa shape index (κ1) is 12.6. The number of rotatable bonds is 2. The van der Waals surface area contributed by atoms with Gasteiger partial charge in [0.1, 0.15) is 33.6 Å². The van der Waals surface area contributed by atoms with Crippen LogP contribution in [0.4, 0.5) is 0 Å². The molecule has 1 N–H and O–H groups in total. The van der Waals surface area contributed by atoms with Gasteiger partial charge in [-0.25, -0.2) is 4.99 Å². The Labute approximate surface area is 125 Å². The highest BCUT2D eigenvalue weighted by Crippen LogP contribution is 2.44. The summed E-state index contributed by atoms with van der Waals surface area (Å²) in [5, 5.41) is 3.00. The Balaban J connectivity index is 1.87. The van der Waals surface area contributed by atoms with Crippen LogP contribution in [0.25, 0.3) is 6.08 Å². The third kappa shape index (κ3) is 1.96. The number of ether oxygens (including phenoxy) is 3. The summed E-state index contributed by atoms with van der Waals surface area (Å²) >= 11 is 1.59. The van der Waals surface area contributed by atoms with Gasteiger partial charge in [-0.2, -0.15) is 0 Å². The Kier molecular flexibility index (Phi) is 2.65. The molecule has 21 heavy (non-hydrogen) atoms. The van der Waals surface area contributed by atoms with Crippen LogP contribution in [0, 0.1) is 0 Å². The highest BCUT2D eigenvalue weighted by Gasteiger charge is 2.45. The fourth-order valence-corrected chi connectivity index (χ4v) is 3.02. The van der Waals surface area contributed by atoms with Crippen molar-refractivity contribution in [3.05, 3.63) is 23.3 Å². The van der Waals surface area contributed by atoms with Crippen molar-refractivity contribution >= 4 is 29.6 Å². The van der Waals surface area contributed by atoms with Gasteiger partial charge in [-0.05, 0) is 6.08 Å². The summed E-state index contributed by atoms with van der Waals surface area (Å²) in [5.41, 5.74) is 1.14. The van der Waals surface area contributed by atoms with E-state index in [0.717, 1.165) is 0 Å². The van der Waals surface area contributed by atoms with Gasteiger partial charge in [0, 0.05) is 12.1 Å². The lowest BCUT2D eigenvalue weighted by molar-refractivity contribution is -0.116. The van der Waals surface area contributed by atoms with Gasteiger partial charge in [0.2, 0.25) is 5.90 Å². The van der Waals surface area contributed by atoms with Gasteiger partial charge in [-0.1, -0.05) is 0 Å². The van der Waals surface area contributed by atoms with Crippen LogP contribution < -0.4 is 19.5 Å². The minimum absolute atomic E-state index is 0.0453. The third-order valence-corrected chi connectivity index (χ3v) is 4.50. The first-order valence-electron chi connectivity index (χ1n) is 6.39. The monoisotopic (exact) mass is 304 g/mol. The molecule has 1 fully saturated rings. The number of hydrogen-bond donors (Lipinski definition) is 1. The number of benzene rings is 1. The van der Waals surface area contributed by atoms with E-state index in [2.05, 4.69) is 10.3 Å². The molecule has 4 rings (SSSR count). The van der Waals surface area contributed by atoms with Crippen molar-refractivity contribution < 1.29 is 19.0 Å². The zero-order chi connectivity index (χ0) is 14.6. The number of carbonyl (C=O) groups is 1. The largest absolute Gasteiger partial charge is 0.496 e. The Bertz CT molecular complexity index is 713. The summed E-state index contributed by atoms with van der Waals surface area (Å²) in [6.45, 7) is 0. The molecule has 108 valence electrons. The normalized spacial score (nSPS) is 25.0. The molecule has 2 unspecified atom stereocenters. The van der Waals surface area contributed by atoms with E-state index in [1.54, 1.807) is 44.2 Å². The van der Waals surface area contributed by atoms with Gasteiger partial charge >= 0.3 is 0 Å². The topological polar surface area (TPSA) is 69.2 Å². The molecule has 0 bridgehead atoms. The summed E-state index contributed by atoms with van der Waals surface area (Å²) in [4.78, 5) is 16.7. The fourth-order valence-electron chi connectivity index (χ4n) is 2.35. The molecule has 3 heterocycles. The maximum Gasteiger partial charge on any atom is 0.257 e. The molecular weight excluding hydrogens is 292 g/mol. The third-order valence-electron chi connectivity index (χ3n) is 3.49. The number of carbonyl (C=O) groups excluding carboxylic acids is 1. The number of nitrogens with one attached hydrogen (secondary N) is 1. The zero-order valence-electron chi connectivity index (χ0n) is 11.4. The zero-order valence-corrected chi connectivity index (χ0v) is 12.2. The maximum absolute atomic E-state index is 12.2. The second-order valence-corrected chi connectivity index (χ2v) is 6.02. The number of thioether (sulfide) groups is 1. The molecule has 0 spiro atoms. The van der Waals surface area contributed by atoms with Gasteiger partial charge in [-0.15, -0.1) is 11.8 Å². The van der Waals surface area contributed by atoms with Crippen LogP contribution in [0.3, 0.4) is 0 Å². The smallest absolute Gasteiger partial charge is 0.257 e. The van der Waals surface area contributed by atoms with Crippen molar-refractivity contribution in [1.82, 2.24) is 5.32 Å².